The van der Waals surface area contributed by atoms with E-state index in [1.54, 1.807) is 11.5 Å². The molecule has 3 aromatic heterocycles. The molecule has 0 spiro atoms. The molecule has 0 saturated carbocycles. The Morgan fingerprint density at radius 3 is 2.76 bits per heavy atom. The highest BCUT2D eigenvalue weighted by Crippen LogP contribution is 2.35. The number of ether oxygens (including phenoxy) is 1. The Labute approximate surface area is 238 Å². The van der Waals surface area contributed by atoms with E-state index in [2.05, 4.69) is 26.3 Å². The number of hydrogen-bond donors (Lipinski definition) is 3. The second kappa shape index (κ2) is 12.0. The van der Waals surface area contributed by atoms with Gasteiger partial charge >= 0.3 is 0 Å². The third-order valence-corrected chi connectivity index (χ3v) is 7.35. The third kappa shape index (κ3) is 5.36. The average Bonchev–Trinajstić information content (AvgIpc) is 3.69. The second-order valence-electron chi connectivity index (χ2n) is 8.92. The first-order valence-corrected chi connectivity index (χ1v) is 13.5. The first-order valence-electron chi connectivity index (χ1n) is 12.6. The minimum atomic E-state index is -0.741. The highest BCUT2D eigenvalue weighted by atomic mass is 32.1. The minimum Gasteiger partial charge on any atom is -0.494 e. The Hall–Kier alpha value is -5.12. The standard InChI is InChI=1S/C29H24N6O5S/c1-40-22-15-33-24(21-16-41-28(34-21)27(38)31-9-12-36)25-23(22)20(14-32-25)26(37)29(39)35-10-7-18(8-11-35)19(13-30)17-5-3-2-4-6-17/h2-7,10,14-16,32,36H,8-9,11-12H2,1H3,(H,31,38)/b19-18+. The number of ketones is 1. The first-order chi connectivity index (χ1) is 20.0. The number of H-pyrrole nitrogens is 1. The van der Waals surface area contributed by atoms with Gasteiger partial charge in [-0.05, 0) is 23.6 Å². The summed E-state index contributed by atoms with van der Waals surface area (Å²) in [5.41, 5.74) is 3.41. The summed E-state index contributed by atoms with van der Waals surface area (Å²) < 4.78 is 5.46. The molecule has 41 heavy (non-hydrogen) atoms. The first kappa shape index (κ1) is 27.4. The lowest BCUT2D eigenvalue weighted by molar-refractivity contribution is -0.124. The molecular weight excluding hydrogens is 544 g/mol. The monoisotopic (exact) mass is 568 g/mol. The quantitative estimate of drug-likeness (QED) is 0.166. The molecule has 2 amide bonds. The van der Waals surface area contributed by atoms with E-state index in [9.17, 15) is 19.6 Å². The van der Waals surface area contributed by atoms with Gasteiger partial charge in [0.25, 0.3) is 17.6 Å². The number of amides is 2. The molecule has 3 N–H and O–H groups in total. The zero-order valence-corrected chi connectivity index (χ0v) is 22.7. The van der Waals surface area contributed by atoms with Crippen LogP contribution in [0, 0.1) is 11.3 Å². The van der Waals surface area contributed by atoms with Crippen LogP contribution in [-0.4, -0.2) is 69.4 Å². The highest BCUT2D eigenvalue weighted by molar-refractivity contribution is 7.12. The van der Waals surface area contributed by atoms with Crippen molar-refractivity contribution in [1.82, 2.24) is 25.2 Å². The fourth-order valence-electron chi connectivity index (χ4n) is 4.51. The number of nitrogens with one attached hydrogen (secondary N) is 2. The number of methoxy groups -OCH3 is 1. The normalized spacial score (nSPS) is 14.0. The van der Waals surface area contributed by atoms with Crippen LogP contribution in [0.15, 0.2) is 66.0 Å². The van der Waals surface area contributed by atoms with Gasteiger partial charge in [0.15, 0.2) is 5.01 Å². The molecule has 0 atom stereocenters. The summed E-state index contributed by atoms with van der Waals surface area (Å²) in [6, 6.07) is 11.5. The Morgan fingerprint density at radius 1 is 1.27 bits per heavy atom. The number of hydrogen-bond acceptors (Lipinski definition) is 9. The molecule has 12 heteroatoms. The molecule has 4 aromatic rings. The molecule has 4 heterocycles. The van der Waals surface area contributed by atoms with E-state index in [0.717, 1.165) is 22.5 Å². The topological polar surface area (TPSA) is 161 Å². The molecule has 0 radical (unpaired) electrons. The minimum absolute atomic E-state index is 0.102. The van der Waals surface area contributed by atoms with Crippen LogP contribution in [-0.2, 0) is 4.79 Å². The van der Waals surface area contributed by atoms with Gasteiger partial charge in [0, 0.05) is 30.9 Å². The van der Waals surface area contributed by atoms with Crippen LogP contribution in [0.5, 0.6) is 5.75 Å². The van der Waals surface area contributed by atoms with Gasteiger partial charge in [-0.15, -0.1) is 11.3 Å². The van der Waals surface area contributed by atoms with Gasteiger partial charge in [-0.25, -0.2) is 9.97 Å². The van der Waals surface area contributed by atoms with Gasteiger partial charge in [0.2, 0.25) is 0 Å². The van der Waals surface area contributed by atoms with E-state index >= 15 is 0 Å². The van der Waals surface area contributed by atoms with Crippen molar-refractivity contribution < 1.29 is 24.2 Å². The van der Waals surface area contributed by atoms with Crippen LogP contribution < -0.4 is 10.1 Å². The van der Waals surface area contributed by atoms with Crippen LogP contribution in [0.2, 0.25) is 0 Å². The van der Waals surface area contributed by atoms with E-state index in [1.807, 2.05) is 30.3 Å². The molecular formula is C29H24N6O5S. The summed E-state index contributed by atoms with van der Waals surface area (Å²) >= 11 is 1.11. The number of pyridine rings is 1. The van der Waals surface area contributed by atoms with Crippen molar-refractivity contribution in [2.45, 2.75) is 6.42 Å². The number of benzene rings is 1. The van der Waals surface area contributed by atoms with Crippen molar-refractivity contribution in [3.63, 3.8) is 0 Å². The fourth-order valence-corrected chi connectivity index (χ4v) is 5.22. The molecule has 5 rings (SSSR count). The number of aromatic nitrogens is 3. The van der Waals surface area contributed by atoms with Gasteiger partial charge < -0.3 is 25.0 Å². The molecule has 0 bridgehead atoms. The lowest BCUT2D eigenvalue weighted by Gasteiger charge is -2.23. The van der Waals surface area contributed by atoms with E-state index in [4.69, 9.17) is 9.84 Å². The summed E-state index contributed by atoms with van der Waals surface area (Å²) in [5.74, 6) is -1.60. The van der Waals surface area contributed by atoms with Crippen LogP contribution in [0.4, 0.5) is 0 Å². The van der Waals surface area contributed by atoms with Crippen LogP contribution in [0.3, 0.4) is 0 Å². The van der Waals surface area contributed by atoms with Crippen molar-refractivity contribution in [3.8, 4) is 23.2 Å². The molecule has 0 saturated heterocycles. The van der Waals surface area contributed by atoms with Gasteiger partial charge in [0.1, 0.15) is 23.2 Å². The predicted octanol–water partition coefficient (Wildman–Crippen LogP) is 3.32. The highest BCUT2D eigenvalue weighted by Gasteiger charge is 2.29. The van der Waals surface area contributed by atoms with E-state index < -0.39 is 17.6 Å². The maximum absolute atomic E-state index is 13.4. The Morgan fingerprint density at radius 2 is 2.07 bits per heavy atom. The zero-order chi connectivity index (χ0) is 28.9. The summed E-state index contributed by atoms with van der Waals surface area (Å²) in [6.07, 6.45) is 6.49. The van der Waals surface area contributed by atoms with E-state index in [1.165, 1.54) is 30.6 Å². The zero-order valence-electron chi connectivity index (χ0n) is 21.9. The lowest BCUT2D eigenvalue weighted by Crippen LogP contribution is -2.34. The van der Waals surface area contributed by atoms with Crippen molar-refractivity contribution in [2.24, 2.45) is 0 Å². The Balaban J connectivity index is 1.43. The molecule has 1 aliphatic rings. The number of nitriles is 1. The number of fused-ring (bicyclic) bond motifs is 1. The van der Waals surface area contributed by atoms with Crippen molar-refractivity contribution in [3.05, 3.63) is 82.1 Å². The number of nitrogens with zero attached hydrogens (tertiary/aromatic N) is 4. The van der Waals surface area contributed by atoms with Crippen LogP contribution in [0.1, 0.15) is 32.1 Å². The number of Topliss-reactive ketones (excluding diaryl/α,β-unsaturated/α-hetero) is 1. The summed E-state index contributed by atoms with van der Waals surface area (Å²) in [4.78, 5) is 52.1. The van der Waals surface area contributed by atoms with Crippen molar-refractivity contribution >= 4 is 45.4 Å². The number of carbonyl (C=O) groups excluding carboxylic acids is 3. The Kier molecular flexibility index (Phi) is 8.00. The third-order valence-electron chi connectivity index (χ3n) is 6.51. The van der Waals surface area contributed by atoms with Gasteiger partial charge in [-0.2, -0.15) is 5.26 Å². The molecule has 1 aliphatic heterocycles. The molecule has 0 aliphatic carbocycles. The van der Waals surface area contributed by atoms with Gasteiger partial charge in [-0.1, -0.05) is 30.3 Å². The number of aliphatic hydroxyl groups excluding tert-OH is 1. The van der Waals surface area contributed by atoms with E-state index in [0.29, 0.717) is 40.0 Å². The lowest BCUT2D eigenvalue weighted by atomic mass is 9.97. The molecule has 1 aromatic carbocycles. The number of carbonyl (C=O) groups is 3. The smallest absolute Gasteiger partial charge is 0.298 e. The SMILES string of the molecule is COc1cnc(-c2csc(C(=O)NCCO)n2)c2[nH]cc(C(=O)C(=O)N3C=C/C(=C(/C#N)c4ccccc4)CC3)c12. The fraction of sp³-hybridized carbons (Fsp3) is 0.172. The van der Waals surface area contributed by atoms with Crippen molar-refractivity contribution in [1.29, 1.82) is 5.26 Å². The molecule has 206 valence electrons. The molecule has 11 nitrogen and oxygen atoms in total. The molecule has 0 unspecified atom stereocenters. The molecule has 0 fully saturated rings. The summed E-state index contributed by atoms with van der Waals surface area (Å²) in [6.45, 7) is 0.147. The summed E-state index contributed by atoms with van der Waals surface area (Å²) in [7, 11) is 1.44. The maximum atomic E-state index is 13.4. The Bertz CT molecular complexity index is 1750. The number of aliphatic hydroxyl groups is 1. The number of allylic oxidation sites excluding steroid dienone is 2. The van der Waals surface area contributed by atoms with Gasteiger partial charge in [0.05, 0.1) is 42.0 Å². The number of rotatable bonds is 8. The van der Waals surface area contributed by atoms with Crippen LogP contribution in [0.25, 0.3) is 27.9 Å². The largest absolute Gasteiger partial charge is 0.494 e. The van der Waals surface area contributed by atoms with E-state index in [-0.39, 0.29) is 30.3 Å². The van der Waals surface area contributed by atoms with Gasteiger partial charge in [-0.3, -0.25) is 14.4 Å². The average molecular weight is 569 g/mol. The van der Waals surface area contributed by atoms with Crippen molar-refractivity contribution in [2.75, 3.05) is 26.8 Å². The summed E-state index contributed by atoms with van der Waals surface area (Å²) in [5, 5.41) is 23.4. The predicted molar refractivity (Wildman–Crippen MR) is 152 cm³/mol. The second-order valence-corrected chi connectivity index (χ2v) is 9.77. The number of thiazole rings is 1. The van der Waals surface area contributed by atoms with Crippen LogP contribution >= 0.6 is 11.3 Å². The number of aromatic amines is 1. The maximum Gasteiger partial charge on any atom is 0.298 e.